The van der Waals surface area contributed by atoms with Crippen LogP contribution in [0.4, 0.5) is 0 Å². The minimum atomic E-state index is -0.184. The topological polar surface area (TPSA) is 55.4 Å². The molecule has 0 saturated heterocycles. The van der Waals surface area contributed by atoms with E-state index in [0.29, 0.717) is 17.8 Å². The van der Waals surface area contributed by atoms with Gasteiger partial charge in [-0.2, -0.15) is 0 Å². The van der Waals surface area contributed by atoms with Crippen LogP contribution in [0.1, 0.15) is 73.1 Å². The Morgan fingerprint density at radius 3 is 2.63 bits per heavy atom. The van der Waals surface area contributed by atoms with Crippen LogP contribution in [-0.2, 0) is 14.3 Å². The van der Waals surface area contributed by atoms with Crippen molar-refractivity contribution in [2.24, 2.45) is 34.5 Å². The number of hydrogen-bond acceptors (Lipinski definition) is 3. The Labute approximate surface area is 163 Å². The smallest absolute Gasteiger partial charge is 0.330 e. The second-order valence-electron chi connectivity index (χ2n) is 11.1. The van der Waals surface area contributed by atoms with Crippen LogP contribution in [0, 0.1) is 34.5 Å². The lowest BCUT2D eigenvalue weighted by Crippen LogP contribution is -2.54. The molecule has 3 fully saturated rings. The number of ether oxygens (including phenoxy) is 1. The zero-order valence-electron chi connectivity index (χ0n) is 17.5. The molecule has 27 heavy (non-hydrogen) atoms. The summed E-state index contributed by atoms with van der Waals surface area (Å²) in [6.07, 6.45) is 10.3. The first kappa shape index (κ1) is 19.0. The van der Waals surface area contributed by atoms with E-state index in [4.69, 9.17) is 4.74 Å². The molecule has 1 aliphatic heterocycles. The molecule has 0 aromatic heterocycles. The van der Waals surface area contributed by atoms with E-state index >= 15 is 0 Å². The predicted molar refractivity (Wildman–Crippen MR) is 105 cm³/mol. The van der Waals surface area contributed by atoms with Crippen LogP contribution >= 0.6 is 0 Å². The van der Waals surface area contributed by atoms with Crippen LogP contribution in [0.15, 0.2) is 12.2 Å². The van der Waals surface area contributed by atoms with Gasteiger partial charge < -0.3 is 10.1 Å². The van der Waals surface area contributed by atoms with Crippen molar-refractivity contribution in [2.75, 3.05) is 0 Å². The molecule has 4 heteroatoms. The van der Waals surface area contributed by atoms with E-state index in [1.54, 1.807) is 6.08 Å². The van der Waals surface area contributed by atoms with Gasteiger partial charge >= 0.3 is 5.97 Å². The summed E-state index contributed by atoms with van der Waals surface area (Å²) in [5, 5.41) is 3.21. The number of carbonyl (C=O) groups is 2. The SMILES string of the molecule is CC(C)(C)NC(=O)[C@H]1C[C@H]2[C@@H]3CC[C@H]4OC(=O)C=C[C@]4(C)[C@H]3CC[C@]2(C)C1. The molecule has 0 aromatic carbocycles. The summed E-state index contributed by atoms with van der Waals surface area (Å²) >= 11 is 0. The summed E-state index contributed by atoms with van der Waals surface area (Å²) in [7, 11) is 0. The molecule has 3 aliphatic carbocycles. The average Bonchev–Trinajstić information content (AvgIpc) is 2.92. The van der Waals surface area contributed by atoms with E-state index in [1.165, 1.54) is 12.8 Å². The minimum Gasteiger partial charge on any atom is -0.458 e. The van der Waals surface area contributed by atoms with Gasteiger partial charge in [-0.15, -0.1) is 0 Å². The normalized spacial score (nSPS) is 46.1. The third-order valence-electron chi connectivity index (χ3n) is 8.17. The zero-order chi connectivity index (χ0) is 19.6. The minimum absolute atomic E-state index is 0.0296. The Bertz CT molecular complexity index is 678. The fourth-order valence-electron chi connectivity index (χ4n) is 6.93. The molecule has 0 aromatic rings. The average molecular weight is 374 g/mol. The van der Waals surface area contributed by atoms with Gasteiger partial charge in [0.2, 0.25) is 5.91 Å². The van der Waals surface area contributed by atoms with E-state index in [-0.39, 0.29) is 40.3 Å². The molecular formula is C23H35NO3. The summed E-state index contributed by atoms with van der Waals surface area (Å²) in [5.74, 6) is 2.00. The number of carbonyl (C=O) groups excluding carboxylic acids is 2. The van der Waals surface area contributed by atoms with Crippen LogP contribution in [0.25, 0.3) is 0 Å². The quantitative estimate of drug-likeness (QED) is 0.700. The van der Waals surface area contributed by atoms with Crippen molar-refractivity contribution in [3.8, 4) is 0 Å². The van der Waals surface area contributed by atoms with E-state index in [2.05, 4.69) is 46.0 Å². The van der Waals surface area contributed by atoms with Gasteiger partial charge in [-0.05, 0) is 82.5 Å². The zero-order valence-corrected chi connectivity index (χ0v) is 17.5. The molecule has 4 rings (SSSR count). The first-order valence-electron chi connectivity index (χ1n) is 10.7. The predicted octanol–water partition coefficient (Wildman–Crippen LogP) is 4.24. The molecular weight excluding hydrogens is 338 g/mol. The molecule has 7 atom stereocenters. The Morgan fingerprint density at radius 1 is 1.19 bits per heavy atom. The van der Waals surface area contributed by atoms with E-state index in [1.807, 2.05) is 0 Å². The van der Waals surface area contributed by atoms with Crippen molar-refractivity contribution in [3.63, 3.8) is 0 Å². The molecule has 0 radical (unpaired) electrons. The number of fused-ring (bicyclic) bond motifs is 5. The molecule has 1 amide bonds. The van der Waals surface area contributed by atoms with Gasteiger partial charge in [-0.3, -0.25) is 4.79 Å². The van der Waals surface area contributed by atoms with E-state index in [0.717, 1.165) is 25.7 Å². The van der Waals surface area contributed by atoms with Crippen molar-refractivity contribution < 1.29 is 14.3 Å². The maximum atomic E-state index is 12.9. The van der Waals surface area contributed by atoms with Gasteiger partial charge in [0.05, 0.1) is 0 Å². The molecule has 1 heterocycles. The second-order valence-corrected chi connectivity index (χ2v) is 11.1. The van der Waals surface area contributed by atoms with Crippen molar-refractivity contribution in [1.29, 1.82) is 0 Å². The van der Waals surface area contributed by atoms with Gasteiger partial charge in [0.25, 0.3) is 0 Å². The van der Waals surface area contributed by atoms with Gasteiger partial charge in [-0.1, -0.05) is 19.9 Å². The Balaban J connectivity index is 1.56. The summed E-state index contributed by atoms with van der Waals surface area (Å²) in [4.78, 5) is 24.6. The Hall–Kier alpha value is -1.32. The lowest BCUT2D eigenvalue weighted by atomic mass is 9.49. The van der Waals surface area contributed by atoms with Crippen molar-refractivity contribution >= 4 is 11.9 Å². The first-order chi connectivity index (χ1) is 12.5. The van der Waals surface area contributed by atoms with Gasteiger partial charge in [-0.25, -0.2) is 4.79 Å². The van der Waals surface area contributed by atoms with Gasteiger partial charge in [0, 0.05) is 22.9 Å². The van der Waals surface area contributed by atoms with Crippen molar-refractivity contribution in [1.82, 2.24) is 5.32 Å². The lowest BCUT2D eigenvalue weighted by Gasteiger charge is -2.57. The molecule has 4 aliphatic rings. The van der Waals surface area contributed by atoms with Crippen LogP contribution in [0.5, 0.6) is 0 Å². The molecule has 0 spiro atoms. The maximum absolute atomic E-state index is 12.9. The van der Waals surface area contributed by atoms with Crippen LogP contribution in [0.2, 0.25) is 0 Å². The summed E-state index contributed by atoms with van der Waals surface area (Å²) in [6, 6.07) is 0. The maximum Gasteiger partial charge on any atom is 0.330 e. The molecule has 1 N–H and O–H groups in total. The Kier molecular flexibility index (Phi) is 4.29. The molecule has 150 valence electrons. The Morgan fingerprint density at radius 2 is 1.93 bits per heavy atom. The highest BCUT2D eigenvalue weighted by Crippen LogP contribution is 2.64. The van der Waals surface area contributed by atoms with Gasteiger partial charge in [0.15, 0.2) is 0 Å². The number of hydrogen-bond donors (Lipinski definition) is 1. The number of nitrogens with one attached hydrogen (secondary N) is 1. The largest absolute Gasteiger partial charge is 0.458 e. The standard InChI is InChI=1S/C23H35NO3/c1-21(2,3)24-20(26)14-12-17-15-6-7-18-23(5,11-9-19(25)27-18)16(15)8-10-22(17,4)13-14/h9,11,14-18H,6-8,10,12-13H2,1-5H3,(H,24,26)/t14-,15+,16-,17-,18+,22+,23+/m0/s1. The van der Waals surface area contributed by atoms with Crippen LogP contribution < -0.4 is 5.32 Å². The van der Waals surface area contributed by atoms with Crippen molar-refractivity contribution in [2.45, 2.75) is 84.8 Å². The number of amides is 1. The third-order valence-corrected chi connectivity index (χ3v) is 8.17. The lowest BCUT2D eigenvalue weighted by molar-refractivity contribution is -0.166. The monoisotopic (exact) mass is 373 g/mol. The van der Waals surface area contributed by atoms with Crippen LogP contribution in [0.3, 0.4) is 0 Å². The van der Waals surface area contributed by atoms with Gasteiger partial charge in [0.1, 0.15) is 6.10 Å². The molecule has 0 bridgehead atoms. The molecule has 4 nitrogen and oxygen atoms in total. The summed E-state index contributed by atoms with van der Waals surface area (Å²) in [6.45, 7) is 10.9. The summed E-state index contributed by atoms with van der Waals surface area (Å²) < 4.78 is 5.70. The molecule has 0 unspecified atom stereocenters. The molecule has 3 saturated carbocycles. The van der Waals surface area contributed by atoms with Crippen LogP contribution in [-0.4, -0.2) is 23.5 Å². The highest BCUT2D eigenvalue weighted by molar-refractivity contribution is 5.83. The fraction of sp³-hybridized carbons (Fsp3) is 0.826. The second kappa shape index (κ2) is 6.09. The highest BCUT2D eigenvalue weighted by Gasteiger charge is 2.60. The highest BCUT2D eigenvalue weighted by atomic mass is 16.5. The van der Waals surface area contributed by atoms with E-state index < -0.39 is 0 Å². The van der Waals surface area contributed by atoms with E-state index in [9.17, 15) is 9.59 Å². The fourth-order valence-corrected chi connectivity index (χ4v) is 6.93. The summed E-state index contributed by atoms with van der Waals surface area (Å²) in [5.41, 5.74) is 0.0693. The third kappa shape index (κ3) is 3.13. The van der Waals surface area contributed by atoms with Crippen molar-refractivity contribution in [3.05, 3.63) is 12.2 Å². The first-order valence-corrected chi connectivity index (χ1v) is 10.7. The number of esters is 1. The number of rotatable bonds is 1.